The third kappa shape index (κ3) is 2.45. The van der Waals surface area contributed by atoms with Gasteiger partial charge in [0, 0.05) is 18.9 Å². The fourth-order valence-electron chi connectivity index (χ4n) is 1.74. The fourth-order valence-corrected chi connectivity index (χ4v) is 1.74. The molecule has 4 heteroatoms. The van der Waals surface area contributed by atoms with Crippen LogP contribution < -0.4 is 5.56 Å². The van der Waals surface area contributed by atoms with E-state index in [4.69, 9.17) is 4.74 Å². The van der Waals surface area contributed by atoms with Crippen molar-refractivity contribution >= 4 is 0 Å². The largest absolute Gasteiger partial charge is 0.367 e. The van der Waals surface area contributed by atoms with Gasteiger partial charge in [-0.1, -0.05) is 13.8 Å². The highest BCUT2D eigenvalue weighted by atomic mass is 16.5. The van der Waals surface area contributed by atoms with Crippen LogP contribution in [0, 0.1) is 0 Å². The molecule has 0 aliphatic heterocycles. The SMILES string of the molecule is CCOC(CC)(CC)c1nccc(=O)[nH]1. The number of aromatic nitrogens is 2. The van der Waals surface area contributed by atoms with E-state index in [-0.39, 0.29) is 5.56 Å². The maximum Gasteiger partial charge on any atom is 0.250 e. The zero-order chi connectivity index (χ0) is 11.3. The molecule has 0 fully saturated rings. The molecule has 1 heterocycles. The van der Waals surface area contributed by atoms with Gasteiger partial charge in [-0.3, -0.25) is 4.79 Å². The van der Waals surface area contributed by atoms with Crippen LogP contribution in [-0.4, -0.2) is 16.6 Å². The van der Waals surface area contributed by atoms with E-state index in [2.05, 4.69) is 9.97 Å². The van der Waals surface area contributed by atoms with Crippen molar-refractivity contribution in [3.63, 3.8) is 0 Å². The minimum atomic E-state index is -0.449. The molecule has 0 atom stereocenters. The predicted octanol–water partition coefficient (Wildman–Crippen LogP) is 1.82. The lowest BCUT2D eigenvalue weighted by Crippen LogP contribution is -2.32. The average molecular weight is 210 g/mol. The smallest absolute Gasteiger partial charge is 0.250 e. The third-order valence-electron chi connectivity index (χ3n) is 2.67. The molecule has 0 saturated heterocycles. The number of hydrogen-bond acceptors (Lipinski definition) is 3. The highest BCUT2D eigenvalue weighted by molar-refractivity contribution is 5.02. The lowest BCUT2D eigenvalue weighted by molar-refractivity contribution is -0.0573. The minimum absolute atomic E-state index is 0.133. The molecular weight excluding hydrogens is 192 g/mol. The second-order valence-corrected chi connectivity index (χ2v) is 3.42. The highest BCUT2D eigenvalue weighted by Gasteiger charge is 2.31. The summed E-state index contributed by atoms with van der Waals surface area (Å²) in [7, 11) is 0. The van der Waals surface area contributed by atoms with Gasteiger partial charge in [-0.2, -0.15) is 0 Å². The number of ether oxygens (including phenoxy) is 1. The zero-order valence-electron chi connectivity index (χ0n) is 9.54. The first-order chi connectivity index (χ1) is 7.18. The molecule has 0 aromatic carbocycles. The van der Waals surface area contributed by atoms with Crippen LogP contribution in [0.15, 0.2) is 17.1 Å². The van der Waals surface area contributed by atoms with Crippen molar-refractivity contribution in [2.45, 2.75) is 39.2 Å². The van der Waals surface area contributed by atoms with Crippen LogP contribution in [0.1, 0.15) is 39.4 Å². The molecule has 1 rings (SSSR count). The van der Waals surface area contributed by atoms with E-state index in [1.807, 2.05) is 20.8 Å². The summed E-state index contributed by atoms with van der Waals surface area (Å²) in [5.41, 5.74) is -0.583. The molecule has 0 spiro atoms. The number of nitrogens with zero attached hydrogens (tertiary/aromatic N) is 1. The lowest BCUT2D eigenvalue weighted by atomic mass is 9.96. The molecule has 4 nitrogen and oxygen atoms in total. The minimum Gasteiger partial charge on any atom is -0.367 e. The maximum atomic E-state index is 11.2. The maximum absolute atomic E-state index is 11.2. The van der Waals surface area contributed by atoms with Crippen LogP contribution in [0.25, 0.3) is 0 Å². The summed E-state index contributed by atoms with van der Waals surface area (Å²) in [5, 5.41) is 0. The standard InChI is InChI=1S/C11H18N2O2/c1-4-11(5-2,15-6-3)10-12-8-7-9(14)13-10/h7-8H,4-6H2,1-3H3,(H,12,13,14). The van der Waals surface area contributed by atoms with Gasteiger partial charge in [0.05, 0.1) is 0 Å². The van der Waals surface area contributed by atoms with E-state index in [1.165, 1.54) is 12.3 Å². The summed E-state index contributed by atoms with van der Waals surface area (Å²) in [4.78, 5) is 18.2. The number of aromatic amines is 1. The van der Waals surface area contributed by atoms with Crippen LogP contribution >= 0.6 is 0 Å². The van der Waals surface area contributed by atoms with Crippen LogP contribution in [0.4, 0.5) is 0 Å². The summed E-state index contributed by atoms with van der Waals surface area (Å²) in [5.74, 6) is 0.627. The molecule has 15 heavy (non-hydrogen) atoms. The van der Waals surface area contributed by atoms with Crippen molar-refractivity contribution < 1.29 is 4.74 Å². The zero-order valence-corrected chi connectivity index (χ0v) is 9.54. The molecule has 1 aromatic heterocycles. The average Bonchev–Trinajstić information content (AvgIpc) is 2.26. The van der Waals surface area contributed by atoms with E-state index in [1.54, 1.807) is 0 Å². The monoisotopic (exact) mass is 210 g/mol. The number of rotatable bonds is 5. The van der Waals surface area contributed by atoms with Crippen LogP contribution in [0.3, 0.4) is 0 Å². The van der Waals surface area contributed by atoms with Crippen molar-refractivity contribution in [1.29, 1.82) is 0 Å². The number of hydrogen-bond donors (Lipinski definition) is 1. The predicted molar refractivity (Wildman–Crippen MR) is 58.7 cm³/mol. The number of H-pyrrole nitrogens is 1. The van der Waals surface area contributed by atoms with Crippen molar-refractivity contribution in [2.24, 2.45) is 0 Å². The fraction of sp³-hybridized carbons (Fsp3) is 0.636. The Balaban J connectivity index is 3.13. The Kier molecular flexibility index (Phi) is 4.03. The summed E-state index contributed by atoms with van der Waals surface area (Å²) >= 11 is 0. The van der Waals surface area contributed by atoms with Crippen molar-refractivity contribution in [1.82, 2.24) is 9.97 Å². The van der Waals surface area contributed by atoms with Crippen LogP contribution in [-0.2, 0) is 10.3 Å². The van der Waals surface area contributed by atoms with Crippen LogP contribution in [0.2, 0.25) is 0 Å². The van der Waals surface area contributed by atoms with Gasteiger partial charge in [-0.25, -0.2) is 4.98 Å². The molecule has 0 radical (unpaired) electrons. The third-order valence-corrected chi connectivity index (χ3v) is 2.67. The molecule has 0 unspecified atom stereocenters. The molecular formula is C11H18N2O2. The van der Waals surface area contributed by atoms with E-state index in [0.717, 1.165) is 12.8 Å². The first-order valence-corrected chi connectivity index (χ1v) is 5.38. The van der Waals surface area contributed by atoms with Gasteiger partial charge in [0.15, 0.2) is 0 Å². The Morgan fingerprint density at radius 3 is 2.53 bits per heavy atom. The molecule has 1 N–H and O–H groups in total. The van der Waals surface area contributed by atoms with E-state index >= 15 is 0 Å². The van der Waals surface area contributed by atoms with Gasteiger partial charge in [0.25, 0.3) is 5.56 Å². The van der Waals surface area contributed by atoms with Crippen molar-refractivity contribution in [3.8, 4) is 0 Å². The van der Waals surface area contributed by atoms with Gasteiger partial charge < -0.3 is 9.72 Å². The molecule has 0 bridgehead atoms. The molecule has 0 saturated carbocycles. The molecule has 84 valence electrons. The summed E-state index contributed by atoms with van der Waals surface area (Å²) in [6, 6.07) is 1.41. The quantitative estimate of drug-likeness (QED) is 0.806. The van der Waals surface area contributed by atoms with E-state index in [0.29, 0.717) is 12.4 Å². The Morgan fingerprint density at radius 1 is 1.40 bits per heavy atom. The Bertz CT molecular complexity index is 356. The number of nitrogens with one attached hydrogen (secondary N) is 1. The molecule has 0 aliphatic carbocycles. The second-order valence-electron chi connectivity index (χ2n) is 3.42. The van der Waals surface area contributed by atoms with Gasteiger partial charge in [0.2, 0.25) is 0 Å². The molecule has 1 aromatic rings. The Labute approximate surface area is 89.7 Å². The van der Waals surface area contributed by atoms with Crippen LogP contribution in [0.5, 0.6) is 0 Å². The van der Waals surface area contributed by atoms with Crippen molar-refractivity contribution in [2.75, 3.05) is 6.61 Å². The summed E-state index contributed by atoms with van der Waals surface area (Å²) < 4.78 is 5.74. The van der Waals surface area contributed by atoms with Gasteiger partial charge in [-0.05, 0) is 19.8 Å². The molecule has 0 amide bonds. The summed E-state index contributed by atoms with van der Waals surface area (Å²) in [6.07, 6.45) is 3.11. The summed E-state index contributed by atoms with van der Waals surface area (Å²) in [6.45, 7) is 6.62. The van der Waals surface area contributed by atoms with Gasteiger partial charge in [-0.15, -0.1) is 0 Å². The Morgan fingerprint density at radius 2 is 2.07 bits per heavy atom. The topological polar surface area (TPSA) is 55.0 Å². The normalized spacial score (nSPS) is 11.7. The van der Waals surface area contributed by atoms with Gasteiger partial charge in [0.1, 0.15) is 11.4 Å². The first-order valence-electron chi connectivity index (χ1n) is 5.38. The van der Waals surface area contributed by atoms with E-state index in [9.17, 15) is 4.79 Å². The van der Waals surface area contributed by atoms with Crippen molar-refractivity contribution in [3.05, 3.63) is 28.4 Å². The molecule has 0 aliphatic rings. The highest BCUT2D eigenvalue weighted by Crippen LogP contribution is 2.29. The van der Waals surface area contributed by atoms with Gasteiger partial charge >= 0.3 is 0 Å². The second kappa shape index (κ2) is 5.07. The Hall–Kier alpha value is -1.16. The van der Waals surface area contributed by atoms with E-state index < -0.39 is 5.60 Å². The first kappa shape index (κ1) is 11.9. The lowest BCUT2D eigenvalue weighted by Gasteiger charge is -2.30.